The summed E-state index contributed by atoms with van der Waals surface area (Å²) in [6.07, 6.45) is 12.0. The quantitative estimate of drug-likeness (QED) is 0.0251. The van der Waals surface area contributed by atoms with Crippen LogP contribution in [0.15, 0.2) is 89.0 Å². The summed E-state index contributed by atoms with van der Waals surface area (Å²) in [5, 5.41) is 19.5. The highest BCUT2D eigenvalue weighted by Crippen LogP contribution is 2.41. The van der Waals surface area contributed by atoms with Gasteiger partial charge >= 0.3 is 53.4 Å². The number of aromatic amines is 1. The monoisotopic (exact) mass is 1530 g/mol. The van der Waals surface area contributed by atoms with Crippen molar-refractivity contribution in [3.63, 3.8) is 0 Å². The molecule has 594 valence electrons. The number of carbonyl (C=O) groups excluding carboxylic acids is 8. The van der Waals surface area contributed by atoms with E-state index in [-0.39, 0.29) is 42.2 Å². The number of furan rings is 1. The van der Waals surface area contributed by atoms with Gasteiger partial charge in [0.05, 0.1) is 18.4 Å². The lowest BCUT2D eigenvalue weighted by atomic mass is 9.75. The Morgan fingerprint density at radius 3 is 1.66 bits per heavy atom. The number of carbonyl (C=O) groups is 8. The number of H-pyrrole nitrogens is 1. The van der Waals surface area contributed by atoms with Crippen molar-refractivity contribution < 1.29 is 76.1 Å². The molecule has 24 nitrogen and oxygen atoms in total. The van der Waals surface area contributed by atoms with Crippen LogP contribution in [0.5, 0.6) is 11.5 Å². The van der Waals surface area contributed by atoms with Crippen molar-refractivity contribution in [2.45, 2.75) is 225 Å². The zero-order chi connectivity index (χ0) is 79.7. The van der Waals surface area contributed by atoms with Crippen LogP contribution in [0.3, 0.4) is 0 Å². The molecule has 2 saturated heterocycles. The third-order valence-electron chi connectivity index (χ3n) is 21.6. The van der Waals surface area contributed by atoms with Gasteiger partial charge in [-0.15, -0.1) is 11.3 Å². The molecule has 0 bridgehead atoms. The smallest absolute Gasteiger partial charge is 0.433 e. The average Bonchev–Trinajstić information content (AvgIpc) is 1.67. The number of nitrogens with one attached hydrogen (secondary N) is 3. The normalized spacial score (nSPS) is 21.9. The lowest BCUT2D eigenvalue weighted by Crippen LogP contribution is -2.48. The molecule has 25 heteroatoms. The Labute approximate surface area is 645 Å². The van der Waals surface area contributed by atoms with Crippen molar-refractivity contribution in [2.75, 3.05) is 36.9 Å². The number of amides is 4. The van der Waals surface area contributed by atoms with Gasteiger partial charge in [-0.05, 0) is 183 Å². The largest absolute Gasteiger partial charge is 0.457 e. The van der Waals surface area contributed by atoms with Gasteiger partial charge in [-0.3, -0.25) is 34.6 Å². The molecule has 5 aliphatic rings. The van der Waals surface area contributed by atoms with Crippen molar-refractivity contribution in [3.8, 4) is 22.8 Å². The SMILES string of the molecule is CC1CCC(C(C)C)C(OC(=O)C(=O)N2CCC2)C1.CC1CCC(C(C)C)C(OC(=O)C(=O)N2CCCOC2c2coc([N+](=O)[O-])c2)C1.CC1CCC(C(C)C)C(OC(=O)C(=O)Nc2nc(-c3ccccc3)cs2)C1.Cc1cc(NC(=O)C(=O)OC(C(C)C)C(C)C)cc(C)c1Oc1ccc2[nH]cc(C(C)C)c2c1. The second-order valence-corrected chi connectivity index (χ2v) is 33.2. The van der Waals surface area contributed by atoms with Crippen molar-refractivity contribution in [1.29, 1.82) is 0 Å². The number of anilines is 2. The third-order valence-corrected chi connectivity index (χ3v) is 22.3. The zero-order valence-corrected chi connectivity index (χ0v) is 67.5. The molecule has 5 heterocycles. The first-order valence-electron chi connectivity index (χ1n) is 39.0. The summed E-state index contributed by atoms with van der Waals surface area (Å²) < 4.78 is 39.0. The highest BCUT2D eigenvalue weighted by atomic mass is 32.1. The molecule has 4 amide bonds. The first kappa shape index (κ1) is 85.6. The summed E-state index contributed by atoms with van der Waals surface area (Å²) in [6.45, 7) is 37.4. The van der Waals surface area contributed by atoms with Crippen molar-refractivity contribution in [2.24, 2.45) is 65.1 Å². The molecule has 3 aliphatic carbocycles. The summed E-state index contributed by atoms with van der Waals surface area (Å²) in [5.74, 6) is -0.631. The Morgan fingerprint density at radius 1 is 0.633 bits per heavy atom. The van der Waals surface area contributed by atoms with Crippen LogP contribution >= 0.6 is 11.3 Å². The highest BCUT2D eigenvalue weighted by Gasteiger charge is 2.41. The Kier molecular flexibility index (Phi) is 31.1. The predicted molar refractivity (Wildman–Crippen MR) is 418 cm³/mol. The molecule has 3 aromatic carbocycles. The molecular formula is C84H115N7O17S. The summed E-state index contributed by atoms with van der Waals surface area (Å²) in [6, 6.07) is 20.5. The number of fused-ring (bicyclic) bond motifs is 1. The Hall–Kier alpha value is -8.97. The molecule has 10 atom stereocenters. The number of benzene rings is 3. The second-order valence-electron chi connectivity index (χ2n) is 32.3. The molecule has 11 rings (SSSR count). The van der Waals surface area contributed by atoms with E-state index in [1.54, 1.807) is 17.0 Å². The molecule has 3 N–H and O–H groups in total. The van der Waals surface area contributed by atoms with Gasteiger partial charge in [0.1, 0.15) is 47.1 Å². The van der Waals surface area contributed by atoms with Crippen LogP contribution in [0.4, 0.5) is 16.7 Å². The number of aromatic nitrogens is 2. The minimum absolute atomic E-state index is 0.0820. The van der Waals surface area contributed by atoms with Crippen LogP contribution in [0, 0.1) is 89.1 Å². The molecule has 10 unspecified atom stereocenters. The van der Waals surface area contributed by atoms with Crippen molar-refractivity contribution in [3.05, 3.63) is 117 Å². The Balaban J connectivity index is 0.000000186. The maximum atomic E-state index is 12.9. The number of thiazole rings is 1. The van der Waals surface area contributed by atoms with E-state index in [1.807, 2.05) is 102 Å². The first-order chi connectivity index (χ1) is 51.7. The molecule has 2 aliphatic heterocycles. The fraction of sp³-hybridized carbons (Fsp3) is 0.583. The van der Waals surface area contributed by atoms with E-state index in [9.17, 15) is 48.5 Å². The maximum Gasteiger partial charge on any atom is 0.433 e. The molecule has 3 aromatic heterocycles. The number of hydrogen-bond acceptors (Lipinski definition) is 19. The number of hydrogen-bond donors (Lipinski definition) is 3. The number of aryl methyl sites for hydroxylation is 2. The molecule has 5 fully saturated rings. The van der Waals surface area contributed by atoms with Gasteiger partial charge in [-0.25, -0.2) is 24.2 Å². The summed E-state index contributed by atoms with van der Waals surface area (Å²) in [7, 11) is 0. The molecule has 109 heavy (non-hydrogen) atoms. The number of nitrogens with zero attached hydrogens (tertiary/aromatic N) is 4. The number of ether oxygens (including phenoxy) is 6. The standard InChI is InChI=1S/C28H36N2O4.C21H26N2O3S.C20H28N2O7.C15H25NO3/c1-15(2)23-14-29-24-10-9-21(13-22(23)24)33-26-18(7)11-20(12-19(26)8)30-27(31)28(32)34-25(16(3)4)17(5)6;1-13(2)16-10-9-14(3)11-18(16)26-20(25)19(24)23-21-22-17(12-27-21)15-7-5-4-6-8-15;1-12(2)15-6-5-13(3)9-16(15)29-20(24)18(23)21-7-4-8-27-19(21)14-10-17(22(25)26)28-11-14;1-10(2)12-6-5-11(3)9-13(12)19-15(18)14(17)16-7-4-8-16/h9-17,25,29H,1-8H3,(H,30,31);4-8,12-14,16,18H,9-11H2,1-3H3,(H,22,23,24);10-13,15-16,19H,4-9H2,1-3H3;10-13H,4-9H2,1-3H3. The van der Waals surface area contributed by atoms with Gasteiger partial charge < -0.3 is 52.9 Å². The molecule has 3 saturated carbocycles. The van der Waals surface area contributed by atoms with Crippen LogP contribution in [0.25, 0.3) is 22.2 Å². The van der Waals surface area contributed by atoms with E-state index in [4.69, 9.17) is 32.8 Å². The first-order valence-corrected chi connectivity index (χ1v) is 39.9. The average molecular weight is 1530 g/mol. The second kappa shape index (κ2) is 39.6. The fourth-order valence-electron chi connectivity index (χ4n) is 15.4. The van der Waals surface area contributed by atoms with Gasteiger partial charge in [-0.2, -0.15) is 0 Å². The van der Waals surface area contributed by atoms with Crippen LogP contribution < -0.4 is 15.4 Å². The minimum Gasteiger partial charge on any atom is -0.457 e. The number of likely N-dealkylation sites (tertiary alicyclic amines) is 1. The third kappa shape index (κ3) is 23.5. The van der Waals surface area contributed by atoms with Crippen LogP contribution in [-0.4, -0.2) is 123 Å². The van der Waals surface area contributed by atoms with Crippen LogP contribution in [0.1, 0.15) is 209 Å². The van der Waals surface area contributed by atoms with E-state index in [0.717, 1.165) is 103 Å². The highest BCUT2D eigenvalue weighted by molar-refractivity contribution is 7.14. The van der Waals surface area contributed by atoms with E-state index in [1.165, 1.54) is 40.6 Å². The van der Waals surface area contributed by atoms with E-state index >= 15 is 0 Å². The Morgan fingerprint density at radius 2 is 1.17 bits per heavy atom. The van der Waals surface area contributed by atoms with E-state index in [2.05, 4.69) is 96.8 Å². The molecule has 0 radical (unpaired) electrons. The van der Waals surface area contributed by atoms with Crippen LogP contribution in [-0.2, 0) is 62.0 Å². The van der Waals surface area contributed by atoms with Gasteiger partial charge in [0.2, 0.25) is 0 Å². The van der Waals surface area contributed by atoms with Gasteiger partial charge in [-0.1, -0.05) is 153 Å². The minimum atomic E-state index is -0.910. The topological polar surface area (TPSA) is 307 Å². The Bertz CT molecular complexity index is 4050. The van der Waals surface area contributed by atoms with Gasteiger partial charge in [0.25, 0.3) is 0 Å². The lowest BCUT2D eigenvalue weighted by Gasteiger charge is -2.38. The van der Waals surface area contributed by atoms with E-state index < -0.39 is 64.5 Å². The summed E-state index contributed by atoms with van der Waals surface area (Å²) >= 11 is 1.29. The van der Waals surface area contributed by atoms with Crippen molar-refractivity contribution >= 4 is 86.4 Å². The van der Waals surface area contributed by atoms with Gasteiger partial charge in [0.15, 0.2) is 11.4 Å². The summed E-state index contributed by atoms with van der Waals surface area (Å²) in [5.41, 5.74) is 6.61. The fourth-order valence-corrected chi connectivity index (χ4v) is 16.1. The molecule has 0 spiro atoms. The number of nitro groups is 1. The molecule has 6 aromatic rings. The lowest BCUT2D eigenvalue weighted by molar-refractivity contribution is -0.402. The van der Waals surface area contributed by atoms with Gasteiger partial charge in [0, 0.05) is 58.9 Å². The predicted octanol–water partition coefficient (Wildman–Crippen LogP) is 17.3. The summed E-state index contributed by atoms with van der Waals surface area (Å²) in [4.78, 5) is 119. The van der Waals surface area contributed by atoms with Crippen molar-refractivity contribution in [1.82, 2.24) is 19.8 Å². The van der Waals surface area contributed by atoms with E-state index in [0.29, 0.717) is 102 Å². The molecular weight excluding hydrogens is 1410 g/mol. The number of esters is 4. The zero-order valence-electron chi connectivity index (χ0n) is 66.6. The van der Waals surface area contributed by atoms with Crippen LogP contribution in [0.2, 0.25) is 0 Å². The number of rotatable bonds is 17. The maximum absolute atomic E-state index is 12.9.